The number of aliphatic hydroxyl groups excluding tert-OH is 1. The van der Waals surface area contributed by atoms with E-state index in [2.05, 4.69) is 0 Å². The van der Waals surface area contributed by atoms with Crippen molar-refractivity contribution in [2.45, 2.75) is 6.92 Å². The second kappa shape index (κ2) is 17.6. The topological polar surface area (TPSA) is 20.2 Å². The normalized spacial score (nSPS) is 3.60. The molecule has 1 nitrogen and oxygen atoms in total. The molecule has 0 amide bonds. The van der Waals surface area contributed by atoms with Crippen LogP contribution in [0.15, 0.2) is 0 Å². The van der Waals surface area contributed by atoms with E-state index in [9.17, 15) is 0 Å². The summed E-state index contributed by atoms with van der Waals surface area (Å²) in [6.07, 6.45) is 0. The average Bonchev–Trinajstić information content (AvgIpc) is 0.918. The molecule has 3 heteroatoms. The molecule has 0 aromatic heterocycles. The first kappa shape index (κ1) is 16.0. The first-order valence-corrected chi connectivity index (χ1v) is 1.02. The van der Waals surface area contributed by atoms with Crippen molar-refractivity contribution < 1.29 is 26.8 Å². The van der Waals surface area contributed by atoms with Crippen LogP contribution in [0.1, 0.15) is 6.92 Å². The largest absolute Gasteiger partial charge is 0.397 e. The van der Waals surface area contributed by atoms with Crippen molar-refractivity contribution in [3.05, 3.63) is 0 Å². The smallest absolute Gasteiger partial charge is 0.0402 e. The molecular formula is C2H6BiOTi. The van der Waals surface area contributed by atoms with E-state index in [0.717, 1.165) is 0 Å². The predicted molar refractivity (Wildman–Crippen MR) is 18.5 cm³/mol. The van der Waals surface area contributed by atoms with E-state index >= 15 is 0 Å². The van der Waals surface area contributed by atoms with Crippen molar-refractivity contribution in [2.75, 3.05) is 6.61 Å². The van der Waals surface area contributed by atoms with Crippen molar-refractivity contribution in [3.8, 4) is 0 Å². The van der Waals surface area contributed by atoms with Gasteiger partial charge >= 0.3 is 0 Å². The van der Waals surface area contributed by atoms with Crippen LogP contribution in [0.25, 0.3) is 0 Å². The van der Waals surface area contributed by atoms with E-state index in [0.29, 0.717) is 0 Å². The maximum atomic E-state index is 7.57. The SMILES string of the molecule is CCO.[Bi].[Ti]. The molecule has 0 rings (SSSR count). The molecule has 0 saturated carbocycles. The Labute approximate surface area is 66.2 Å². The number of hydrogen-bond acceptors (Lipinski definition) is 1. The van der Waals surface area contributed by atoms with Crippen LogP contribution in [0.4, 0.5) is 0 Å². The summed E-state index contributed by atoms with van der Waals surface area (Å²) in [6, 6.07) is 0. The molecule has 0 unspecified atom stereocenters. The third-order valence-corrected chi connectivity index (χ3v) is 0. The zero-order valence-electron chi connectivity index (χ0n) is 3.10. The second-order valence-corrected chi connectivity index (χ2v) is 0.316. The van der Waals surface area contributed by atoms with Crippen LogP contribution in [-0.2, 0) is 21.7 Å². The van der Waals surface area contributed by atoms with Gasteiger partial charge in [0.1, 0.15) is 0 Å². The third-order valence-electron chi connectivity index (χ3n) is 0. The number of aliphatic hydroxyl groups is 1. The van der Waals surface area contributed by atoms with Crippen molar-refractivity contribution >= 4 is 26.2 Å². The molecule has 0 spiro atoms. The van der Waals surface area contributed by atoms with Gasteiger partial charge < -0.3 is 5.11 Å². The van der Waals surface area contributed by atoms with E-state index in [1.807, 2.05) is 0 Å². The first-order valence-electron chi connectivity index (χ1n) is 1.02. The summed E-state index contributed by atoms with van der Waals surface area (Å²) in [5.41, 5.74) is 0. The van der Waals surface area contributed by atoms with Gasteiger partial charge in [-0.2, -0.15) is 0 Å². The third kappa shape index (κ3) is 29.0. The predicted octanol–water partition coefficient (Wildman–Crippen LogP) is -0.385. The van der Waals surface area contributed by atoms with Crippen LogP contribution in [0.2, 0.25) is 0 Å². The van der Waals surface area contributed by atoms with Crippen LogP contribution in [0.5, 0.6) is 0 Å². The zero-order valence-corrected chi connectivity index (χ0v) is 8.14. The van der Waals surface area contributed by atoms with Gasteiger partial charge in [-0.1, -0.05) is 0 Å². The van der Waals surface area contributed by atoms with E-state index in [-0.39, 0.29) is 54.5 Å². The summed E-state index contributed by atoms with van der Waals surface area (Å²) >= 11 is 0. The van der Waals surface area contributed by atoms with Gasteiger partial charge in [-0.25, -0.2) is 0 Å². The minimum atomic E-state index is 0. The molecule has 0 heterocycles. The molecule has 0 aromatic rings. The van der Waals surface area contributed by atoms with E-state index in [4.69, 9.17) is 5.11 Å². The number of hydrogen-bond donors (Lipinski definition) is 1. The van der Waals surface area contributed by atoms with Gasteiger partial charge in [0.2, 0.25) is 0 Å². The molecular weight excluding hydrogens is 297 g/mol. The Balaban J connectivity index is -0.0000000200. The summed E-state index contributed by atoms with van der Waals surface area (Å²) in [6.45, 7) is 1.93. The van der Waals surface area contributed by atoms with Gasteiger partial charge in [0.25, 0.3) is 0 Å². The Morgan fingerprint density at radius 3 is 1.60 bits per heavy atom. The van der Waals surface area contributed by atoms with Crippen LogP contribution in [-0.4, -0.2) is 37.9 Å². The fraction of sp³-hybridized carbons (Fsp3) is 1.00. The van der Waals surface area contributed by atoms with Gasteiger partial charge in [0.05, 0.1) is 0 Å². The zero-order chi connectivity index (χ0) is 2.71. The Morgan fingerprint density at radius 2 is 1.60 bits per heavy atom. The molecule has 0 aliphatic rings. The Kier molecular flexibility index (Phi) is 56.5. The second-order valence-electron chi connectivity index (χ2n) is 0.316. The Hall–Kier alpha value is 1.56. The van der Waals surface area contributed by atoms with Crippen molar-refractivity contribution in [1.29, 1.82) is 0 Å². The van der Waals surface area contributed by atoms with Crippen LogP contribution in [0, 0.1) is 0 Å². The van der Waals surface area contributed by atoms with Crippen molar-refractivity contribution in [1.82, 2.24) is 0 Å². The molecule has 0 aliphatic heterocycles. The van der Waals surface area contributed by atoms with E-state index < -0.39 is 0 Å². The molecule has 29 valence electrons. The van der Waals surface area contributed by atoms with Gasteiger partial charge in [-0.15, -0.1) is 0 Å². The van der Waals surface area contributed by atoms with Crippen LogP contribution in [0.3, 0.4) is 0 Å². The number of rotatable bonds is 0. The monoisotopic (exact) mass is 303 g/mol. The van der Waals surface area contributed by atoms with Gasteiger partial charge in [0.15, 0.2) is 0 Å². The van der Waals surface area contributed by atoms with Crippen molar-refractivity contribution in [2.24, 2.45) is 0 Å². The molecule has 0 fully saturated rings. The van der Waals surface area contributed by atoms with Crippen molar-refractivity contribution in [3.63, 3.8) is 0 Å². The quantitative estimate of drug-likeness (QED) is 0.605. The fourth-order valence-corrected chi connectivity index (χ4v) is 0. The van der Waals surface area contributed by atoms with E-state index in [1.165, 1.54) is 0 Å². The summed E-state index contributed by atoms with van der Waals surface area (Å²) in [4.78, 5) is 0. The van der Waals surface area contributed by atoms with Gasteiger partial charge in [-0.05, 0) is 6.92 Å². The van der Waals surface area contributed by atoms with Crippen LogP contribution >= 0.6 is 0 Å². The molecule has 0 saturated heterocycles. The van der Waals surface area contributed by atoms with Gasteiger partial charge in [-0.3, -0.25) is 0 Å². The van der Waals surface area contributed by atoms with Crippen LogP contribution < -0.4 is 0 Å². The van der Waals surface area contributed by atoms with E-state index in [1.54, 1.807) is 6.92 Å². The first-order chi connectivity index (χ1) is 1.41. The molecule has 3 radical (unpaired) electrons. The maximum Gasteiger partial charge on any atom is 0.0402 e. The molecule has 0 aromatic carbocycles. The van der Waals surface area contributed by atoms with Gasteiger partial charge in [0, 0.05) is 54.5 Å². The summed E-state index contributed by atoms with van der Waals surface area (Å²) in [5, 5.41) is 7.57. The summed E-state index contributed by atoms with van der Waals surface area (Å²) < 4.78 is 0. The molecule has 0 bridgehead atoms. The minimum Gasteiger partial charge on any atom is -0.397 e. The Bertz CT molecular complexity index is 9.61. The standard InChI is InChI=1S/C2H6O.Bi.Ti/c1-2-3;;/h3H,2H2,1H3;;. The summed E-state index contributed by atoms with van der Waals surface area (Å²) in [7, 11) is 0. The fourth-order valence-electron chi connectivity index (χ4n) is 0. The molecule has 1 N–H and O–H groups in total. The average molecular weight is 303 g/mol. The minimum absolute atomic E-state index is 0. The molecule has 0 atom stereocenters. The Morgan fingerprint density at radius 1 is 1.60 bits per heavy atom. The summed E-state index contributed by atoms with van der Waals surface area (Å²) in [5.74, 6) is 0. The maximum absolute atomic E-state index is 7.57. The molecule has 0 aliphatic carbocycles. The molecule has 5 heavy (non-hydrogen) atoms.